The maximum Gasteiger partial charge on any atom is 0.128 e. The molecule has 0 aliphatic heterocycles. The zero-order valence-corrected chi connectivity index (χ0v) is 7.17. The van der Waals surface area contributed by atoms with Gasteiger partial charge in [-0.2, -0.15) is 0 Å². The molecular weight excluding hydrogens is 141 g/mol. The van der Waals surface area contributed by atoms with Gasteiger partial charge in [-0.15, -0.1) is 0 Å². The van der Waals surface area contributed by atoms with E-state index in [0.717, 1.165) is 0 Å². The second-order valence-corrected chi connectivity index (χ2v) is 6.34. The molecule has 0 aliphatic rings. The average molecular weight is 153 g/mol. The topological polar surface area (TPSA) is 23.5 Å². The fourth-order valence-corrected chi connectivity index (χ4v) is 0.849. The van der Waals surface area contributed by atoms with E-state index in [4.69, 9.17) is 11.8 Å². The molecule has 2 nitrogen and oxygen atoms in total. The van der Waals surface area contributed by atoms with Gasteiger partial charge in [0.1, 0.15) is 6.42 Å². The van der Waals surface area contributed by atoms with Crippen LogP contribution in [-0.4, -0.2) is 29.8 Å². The standard InChI is InChI=1S/C4H12NOPS/c1-4-7(6,8)5(2)3/h4H2,1-3H3,(H,6,8). The highest BCUT2D eigenvalue weighted by Crippen LogP contribution is 2.41. The summed E-state index contributed by atoms with van der Waals surface area (Å²) in [5.41, 5.74) is 0. The number of rotatable bonds is 2. The molecule has 50 valence electrons. The van der Waals surface area contributed by atoms with Crippen molar-refractivity contribution in [2.24, 2.45) is 0 Å². The third-order valence-corrected chi connectivity index (χ3v) is 4.87. The highest BCUT2D eigenvalue weighted by atomic mass is 32.4. The Morgan fingerprint density at radius 2 is 2.00 bits per heavy atom. The summed E-state index contributed by atoms with van der Waals surface area (Å²) in [5, 5.41) is 0. The Kier molecular flexibility index (Phi) is 3.13. The third kappa shape index (κ3) is 2.23. The van der Waals surface area contributed by atoms with Crippen molar-refractivity contribution in [3.8, 4) is 0 Å². The number of hydrogen-bond acceptors (Lipinski definition) is 1. The van der Waals surface area contributed by atoms with E-state index in [0.29, 0.717) is 6.16 Å². The summed E-state index contributed by atoms with van der Waals surface area (Å²) >= 11 is 4.86. The quantitative estimate of drug-likeness (QED) is 0.595. The van der Waals surface area contributed by atoms with Crippen LogP contribution in [0.25, 0.3) is 0 Å². The molecule has 8 heavy (non-hydrogen) atoms. The van der Waals surface area contributed by atoms with Gasteiger partial charge in [0, 0.05) is 6.16 Å². The summed E-state index contributed by atoms with van der Waals surface area (Å²) in [6, 6.07) is 0. The van der Waals surface area contributed by atoms with Crippen molar-refractivity contribution >= 4 is 18.2 Å². The molecule has 0 spiro atoms. The van der Waals surface area contributed by atoms with Crippen molar-refractivity contribution < 1.29 is 4.89 Å². The Bertz CT molecular complexity index is 115. The zero-order valence-electron chi connectivity index (χ0n) is 5.46. The predicted molar refractivity (Wildman–Crippen MR) is 40.7 cm³/mol. The van der Waals surface area contributed by atoms with Crippen LogP contribution < -0.4 is 0 Å². The molecule has 0 saturated heterocycles. The average Bonchev–Trinajstić information content (AvgIpc) is 1.67. The molecular formula is C4H12NOPS. The highest BCUT2D eigenvalue weighted by Gasteiger charge is 2.10. The first kappa shape index (κ1) is 8.57. The van der Waals surface area contributed by atoms with Crippen molar-refractivity contribution in [1.29, 1.82) is 0 Å². The first-order valence-electron chi connectivity index (χ1n) is 2.50. The molecule has 0 amide bonds. The summed E-state index contributed by atoms with van der Waals surface area (Å²) in [4.78, 5) is 9.25. The van der Waals surface area contributed by atoms with Gasteiger partial charge < -0.3 is 4.89 Å². The molecule has 0 saturated carbocycles. The normalized spacial score (nSPS) is 18.6. The van der Waals surface area contributed by atoms with Crippen LogP contribution in [0.5, 0.6) is 0 Å². The van der Waals surface area contributed by atoms with Crippen LogP contribution in [0.15, 0.2) is 0 Å². The fraction of sp³-hybridized carbons (Fsp3) is 1.00. The zero-order chi connectivity index (χ0) is 6.78. The largest absolute Gasteiger partial charge is 0.354 e. The van der Waals surface area contributed by atoms with Gasteiger partial charge in [0.05, 0.1) is 0 Å². The molecule has 0 radical (unpaired) electrons. The smallest absolute Gasteiger partial charge is 0.128 e. The van der Waals surface area contributed by atoms with Crippen LogP contribution in [-0.2, 0) is 11.8 Å². The molecule has 4 heteroatoms. The molecule has 0 aliphatic carbocycles. The van der Waals surface area contributed by atoms with Crippen LogP contribution in [0.1, 0.15) is 6.92 Å². The minimum Gasteiger partial charge on any atom is -0.354 e. The van der Waals surface area contributed by atoms with Gasteiger partial charge in [-0.25, -0.2) is 0 Å². The monoisotopic (exact) mass is 153 g/mol. The SMILES string of the molecule is CCP(O)(=S)N(C)C. The fourth-order valence-electron chi connectivity index (χ4n) is 0.283. The third-order valence-electron chi connectivity index (χ3n) is 1.04. The molecule has 0 bridgehead atoms. The second-order valence-electron chi connectivity index (χ2n) is 1.83. The van der Waals surface area contributed by atoms with E-state index in [-0.39, 0.29) is 0 Å². The first-order valence-corrected chi connectivity index (χ1v) is 5.39. The predicted octanol–water partition coefficient (Wildman–Crippen LogP) is 0.870. The van der Waals surface area contributed by atoms with Crippen LogP contribution in [0.2, 0.25) is 0 Å². The molecule has 0 heterocycles. The van der Waals surface area contributed by atoms with Crippen LogP contribution in [0.3, 0.4) is 0 Å². The molecule has 0 rings (SSSR count). The van der Waals surface area contributed by atoms with Gasteiger partial charge in [-0.05, 0) is 14.1 Å². The van der Waals surface area contributed by atoms with Crippen molar-refractivity contribution in [2.45, 2.75) is 6.92 Å². The summed E-state index contributed by atoms with van der Waals surface area (Å²) in [7, 11) is 3.62. The molecule has 1 N–H and O–H groups in total. The van der Waals surface area contributed by atoms with Gasteiger partial charge in [0.25, 0.3) is 0 Å². The number of hydrogen-bond donors (Lipinski definition) is 1. The van der Waals surface area contributed by atoms with E-state index in [1.165, 1.54) is 0 Å². The van der Waals surface area contributed by atoms with E-state index >= 15 is 0 Å². The van der Waals surface area contributed by atoms with Crippen molar-refractivity contribution in [3.05, 3.63) is 0 Å². The summed E-state index contributed by atoms with van der Waals surface area (Å²) < 4.78 is 1.72. The summed E-state index contributed by atoms with van der Waals surface area (Å²) in [5.74, 6) is 0. The molecule has 0 aromatic heterocycles. The lowest BCUT2D eigenvalue weighted by Gasteiger charge is -2.20. The van der Waals surface area contributed by atoms with Crippen LogP contribution in [0.4, 0.5) is 0 Å². The summed E-state index contributed by atoms with van der Waals surface area (Å²) in [6.45, 7) is 1.90. The maximum absolute atomic E-state index is 9.25. The Hall–Kier alpha value is 0.570. The van der Waals surface area contributed by atoms with Gasteiger partial charge in [-0.3, -0.25) is 4.67 Å². The van der Waals surface area contributed by atoms with Crippen LogP contribution >= 0.6 is 6.42 Å². The second kappa shape index (κ2) is 2.92. The lowest BCUT2D eigenvalue weighted by molar-refractivity contribution is 0.525. The van der Waals surface area contributed by atoms with Gasteiger partial charge in [0.15, 0.2) is 0 Å². The molecule has 0 fully saturated rings. The minimum absolute atomic E-state index is 0.690. The van der Waals surface area contributed by atoms with E-state index < -0.39 is 6.42 Å². The molecule has 0 aromatic carbocycles. The maximum atomic E-state index is 9.25. The Morgan fingerprint density at radius 3 is 2.00 bits per heavy atom. The van der Waals surface area contributed by atoms with Crippen molar-refractivity contribution in [2.75, 3.05) is 20.3 Å². The van der Waals surface area contributed by atoms with Gasteiger partial charge in [-0.1, -0.05) is 18.7 Å². The Balaban J connectivity index is 3.93. The molecule has 1 unspecified atom stereocenters. The van der Waals surface area contributed by atoms with E-state index in [1.54, 1.807) is 4.67 Å². The van der Waals surface area contributed by atoms with E-state index in [9.17, 15) is 4.89 Å². The van der Waals surface area contributed by atoms with Crippen molar-refractivity contribution in [3.63, 3.8) is 0 Å². The minimum atomic E-state index is -2.08. The first-order chi connectivity index (χ1) is 3.50. The Morgan fingerprint density at radius 1 is 1.62 bits per heavy atom. The summed E-state index contributed by atoms with van der Waals surface area (Å²) in [6.07, 6.45) is -1.39. The van der Waals surface area contributed by atoms with Gasteiger partial charge >= 0.3 is 0 Å². The van der Waals surface area contributed by atoms with E-state index in [1.807, 2.05) is 21.0 Å². The lowest BCUT2D eigenvalue weighted by atomic mass is 11.0. The Labute approximate surface area is 55.7 Å². The molecule has 1 atom stereocenters. The van der Waals surface area contributed by atoms with Crippen molar-refractivity contribution in [1.82, 2.24) is 4.67 Å². The van der Waals surface area contributed by atoms with Gasteiger partial charge in [0.2, 0.25) is 0 Å². The number of nitrogens with zero attached hydrogens (tertiary/aromatic N) is 1. The van der Waals surface area contributed by atoms with Crippen LogP contribution in [0, 0.1) is 0 Å². The highest BCUT2D eigenvalue weighted by molar-refractivity contribution is 8.10. The van der Waals surface area contributed by atoms with E-state index in [2.05, 4.69) is 0 Å². The lowest BCUT2D eigenvalue weighted by Crippen LogP contribution is -2.08. The molecule has 0 aromatic rings.